The average molecular weight is 277 g/mol. The molecule has 0 unspecified atom stereocenters. The summed E-state index contributed by atoms with van der Waals surface area (Å²) in [6, 6.07) is 2.59. The summed E-state index contributed by atoms with van der Waals surface area (Å²) in [5, 5.41) is 4.83. The smallest absolute Gasteiger partial charge is 0.262 e. The van der Waals surface area contributed by atoms with Crippen LogP contribution in [0, 0.1) is 11.8 Å². The summed E-state index contributed by atoms with van der Waals surface area (Å²) in [5.41, 5.74) is 6.11. The highest BCUT2D eigenvalue weighted by Gasteiger charge is 2.25. The lowest BCUT2D eigenvalue weighted by atomic mass is 10.2. The van der Waals surface area contributed by atoms with Gasteiger partial charge in [0, 0.05) is 24.7 Å². The van der Waals surface area contributed by atoms with Crippen molar-refractivity contribution in [2.75, 3.05) is 26.7 Å². The van der Waals surface area contributed by atoms with Crippen molar-refractivity contribution in [1.82, 2.24) is 10.2 Å². The quantitative estimate of drug-likeness (QED) is 0.786. The molecule has 4 nitrogen and oxygen atoms in total. The lowest BCUT2D eigenvalue weighted by Gasteiger charge is -2.15. The summed E-state index contributed by atoms with van der Waals surface area (Å²) in [6.07, 6.45) is 2.57. The van der Waals surface area contributed by atoms with Gasteiger partial charge in [0.1, 0.15) is 4.88 Å². The van der Waals surface area contributed by atoms with Gasteiger partial charge < -0.3 is 16.0 Å². The monoisotopic (exact) mass is 277 g/mol. The van der Waals surface area contributed by atoms with E-state index in [1.54, 1.807) is 0 Å². The first-order chi connectivity index (χ1) is 9.22. The average Bonchev–Trinajstić information content (AvgIpc) is 3.15. The summed E-state index contributed by atoms with van der Waals surface area (Å²) in [6.45, 7) is 1.88. The number of nitrogens with one attached hydrogen (secondary N) is 1. The Morgan fingerprint density at radius 3 is 3.11 bits per heavy atom. The number of nitrogens with two attached hydrogens (primary N) is 1. The molecule has 0 aliphatic heterocycles. The van der Waals surface area contributed by atoms with Gasteiger partial charge in [-0.2, -0.15) is 0 Å². The van der Waals surface area contributed by atoms with Crippen molar-refractivity contribution in [1.29, 1.82) is 0 Å². The minimum absolute atomic E-state index is 0.0412. The van der Waals surface area contributed by atoms with Crippen LogP contribution >= 0.6 is 11.3 Å². The molecule has 0 spiro atoms. The third kappa shape index (κ3) is 4.06. The van der Waals surface area contributed by atoms with Crippen LogP contribution in [0.25, 0.3) is 0 Å². The Kier molecular flexibility index (Phi) is 4.97. The minimum atomic E-state index is -0.0412. The molecule has 1 aromatic rings. The van der Waals surface area contributed by atoms with Crippen LogP contribution in [0.1, 0.15) is 28.1 Å². The third-order valence-electron chi connectivity index (χ3n) is 3.12. The highest BCUT2D eigenvalue weighted by atomic mass is 32.1. The molecule has 0 saturated heterocycles. The van der Waals surface area contributed by atoms with Gasteiger partial charge in [0.05, 0.1) is 6.54 Å². The van der Waals surface area contributed by atoms with Gasteiger partial charge in [0.2, 0.25) is 0 Å². The van der Waals surface area contributed by atoms with Gasteiger partial charge in [-0.15, -0.1) is 11.3 Å². The Morgan fingerprint density at radius 1 is 1.63 bits per heavy atom. The van der Waals surface area contributed by atoms with Crippen LogP contribution in [0.2, 0.25) is 0 Å². The number of rotatable bonds is 5. The van der Waals surface area contributed by atoms with Gasteiger partial charge in [-0.1, -0.05) is 11.8 Å². The van der Waals surface area contributed by atoms with E-state index in [4.69, 9.17) is 5.73 Å². The molecule has 1 aliphatic carbocycles. The Labute approximate surface area is 118 Å². The normalized spacial score (nSPS) is 14.1. The first kappa shape index (κ1) is 14.1. The fourth-order valence-corrected chi connectivity index (χ4v) is 2.62. The van der Waals surface area contributed by atoms with Crippen molar-refractivity contribution >= 4 is 17.2 Å². The minimum Gasteiger partial charge on any atom is -0.350 e. The van der Waals surface area contributed by atoms with Gasteiger partial charge in [-0.3, -0.25) is 4.79 Å². The van der Waals surface area contributed by atoms with Crippen molar-refractivity contribution < 1.29 is 4.79 Å². The maximum Gasteiger partial charge on any atom is 0.262 e. The van der Waals surface area contributed by atoms with Crippen molar-refractivity contribution in [3.8, 4) is 11.8 Å². The fraction of sp³-hybridized carbons (Fsp3) is 0.500. The Bertz CT molecular complexity index is 496. The van der Waals surface area contributed by atoms with Gasteiger partial charge in [-0.25, -0.2) is 0 Å². The van der Waals surface area contributed by atoms with Crippen molar-refractivity contribution in [2.45, 2.75) is 18.9 Å². The van der Waals surface area contributed by atoms with Gasteiger partial charge in [0.15, 0.2) is 0 Å². The molecule has 1 aromatic heterocycles. The Morgan fingerprint density at radius 2 is 2.42 bits per heavy atom. The van der Waals surface area contributed by atoms with Gasteiger partial charge >= 0.3 is 0 Å². The molecule has 0 atom stereocenters. The van der Waals surface area contributed by atoms with E-state index < -0.39 is 0 Å². The van der Waals surface area contributed by atoms with E-state index in [1.165, 1.54) is 24.2 Å². The van der Waals surface area contributed by atoms with Crippen molar-refractivity contribution in [3.05, 3.63) is 21.9 Å². The number of amides is 1. The summed E-state index contributed by atoms with van der Waals surface area (Å²) in [4.78, 5) is 15.0. The lowest BCUT2D eigenvalue weighted by Crippen LogP contribution is -2.33. The number of carbonyl (C=O) groups excluding carboxylic acids is 1. The second-order valence-electron chi connectivity index (χ2n) is 4.64. The zero-order valence-corrected chi connectivity index (χ0v) is 11.9. The number of hydrogen-bond donors (Lipinski definition) is 2. The number of thiophene rings is 1. The topological polar surface area (TPSA) is 58.4 Å². The lowest BCUT2D eigenvalue weighted by molar-refractivity contribution is 0.0953. The summed E-state index contributed by atoms with van der Waals surface area (Å²) in [7, 11) is 2.10. The molecular formula is C14H19N3OS. The molecule has 1 heterocycles. The van der Waals surface area contributed by atoms with Crippen LogP contribution in [-0.4, -0.2) is 43.5 Å². The molecular weight excluding hydrogens is 258 g/mol. The molecule has 5 heteroatoms. The second kappa shape index (κ2) is 6.71. The highest BCUT2D eigenvalue weighted by Crippen LogP contribution is 2.24. The summed E-state index contributed by atoms with van der Waals surface area (Å²) in [5.74, 6) is 5.66. The van der Waals surface area contributed by atoms with Crippen LogP contribution in [-0.2, 0) is 0 Å². The summed E-state index contributed by atoms with van der Waals surface area (Å²) < 4.78 is 0. The van der Waals surface area contributed by atoms with Crippen molar-refractivity contribution in [3.63, 3.8) is 0 Å². The Balaban J connectivity index is 1.83. The first-order valence-electron chi connectivity index (χ1n) is 6.47. The number of likely N-dealkylation sites (N-methyl/N-ethyl adjacent to an activating group) is 1. The SMILES string of the molecule is CN(CCNC(=O)c1sccc1C#CCN)C1CC1. The Hall–Kier alpha value is -1.35. The zero-order valence-electron chi connectivity index (χ0n) is 11.1. The van der Waals surface area contributed by atoms with Gasteiger partial charge in [0.25, 0.3) is 5.91 Å². The number of hydrogen-bond acceptors (Lipinski definition) is 4. The molecule has 19 heavy (non-hydrogen) atoms. The van der Waals surface area contributed by atoms with E-state index in [2.05, 4.69) is 29.1 Å². The van der Waals surface area contributed by atoms with E-state index >= 15 is 0 Å². The predicted octanol–water partition coefficient (Wildman–Crippen LogP) is 0.882. The molecule has 1 saturated carbocycles. The maximum absolute atomic E-state index is 12.0. The fourth-order valence-electron chi connectivity index (χ4n) is 1.85. The molecule has 1 amide bonds. The zero-order chi connectivity index (χ0) is 13.7. The second-order valence-corrected chi connectivity index (χ2v) is 5.55. The molecule has 1 aliphatic rings. The van der Waals surface area contributed by atoms with E-state index in [-0.39, 0.29) is 5.91 Å². The van der Waals surface area contributed by atoms with Crippen molar-refractivity contribution in [2.24, 2.45) is 5.73 Å². The van der Waals surface area contributed by atoms with E-state index in [9.17, 15) is 4.79 Å². The van der Waals surface area contributed by atoms with E-state index in [0.717, 1.165) is 18.2 Å². The summed E-state index contributed by atoms with van der Waals surface area (Å²) >= 11 is 1.42. The number of nitrogens with zero attached hydrogens (tertiary/aromatic N) is 1. The molecule has 102 valence electrons. The molecule has 0 bridgehead atoms. The highest BCUT2D eigenvalue weighted by molar-refractivity contribution is 7.12. The maximum atomic E-state index is 12.0. The first-order valence-corrected chi connectivity index (χ1v) is 7.35. The molecule has 2 rings (SSSR count). The molecule has 1 fully saturated rings. The van der Waals surface area contributed by atoms with Gasteiger partial charge in [-0.05, 0) is 31.3 Å². The third-order valence-corrected chi connectivity index (χ3v) is 4.03. The van der Waals surface area contributed by atoms with Crippen LogP contribution in [0.4, 0.5) is 0 Å². The molecule has 0 radical (unpaired) electrons. The number of carbonyl (C=O) groups is 1. The van der Waals surface area contributed by atoms with E-state index in [1.807, 2.05) is 11.4 Å². The van der Waals surface area contributed by atoms with Crippen LogP contribution in [0.5, 0.6) is 0 Å². The molecule has 0 aromatic carbocycles. The standard InChI is InChI=1S/C14H19N3OS/c1-17(12-4-5-12)9-8-16-14(18)13-11(3-2-7-15)6-10-19-13/h6,10,12H,4-5,7-9,15H2,1H3,(H,16,18). The van der Waals surface area contributed by atoms with Crippen LogP contribution in [0.15, 0.2) is 11.4 Å². The van der Waals surface area contributed by atoms with Crippen LogP contribution in [0.3, 0.4) is 0 Å². The van der Waals surface area contributed by atoms with Crippen LogP contribution < -0.4 is 11.1 Å². The van der Waals surface area contributed by atoms with E-state index in [0.29, 0.717) is 18.0 Å². The largest absolute Gasteiger partial charge is 0.350 e. The molecule has 3 N–H and O–H groups in total. The predicted molar refractivity (Wildman–Crippen MR) is 78.2 cm³/mol.